The first-order valence-corrected chi connectivity index (χ1v) is 27.4. The number of benzene rings is 9. The number of nitrogens with zero attached hydrogens (tertiary/aromatic N) is 3. The smallest absolute Gasteiger partial charge is 0.364 e. The molecule has 14 rings (SSSR count). The third-order valence-electron chi connectivity index (χ3n) is 15.5. The maximum absolute atomic E-state index is 7.57. The minimum absolute atomic E-state index is 0.850. The zero-order valence-electron chi connectivity index (χ0n) is 39.6. The van der Waals surface area contributed by atoms with Crippen molar-refractivity contribution in [2.45, 2.75) is 32.6 Å². The molecule has 0 amide bonds. The van der Waals surface area contributed by atoms with Gasteiger partial charge in [-0.1, -0.05) is 182 Å². The minimum atomic E-state index is -2.25. The van der Waals surface area contributed by atoms with E-state index in [1.54, 1.807) is 0 Å². The maximum atomic E-state index is 7.57. The molecule has 0 saturated carbocycles. The van der Waals surface area contributed by atoms with E-state index in [1.165, 1.54) is 55.0 Å². The van der Waals surface area contributed by atoms with Crippen LogP contribution in [0.4, 0.5) is 0 Å². The lowest BCUT2D eigenvalue weighted by Gasteiger charge is -2.26. The van der Waals surface area contributed by atoms with Crippen LogP contribution >= 0.6 is 0 Å². The predicted octanol–water partition coefficient (Wildman–Crippen LogP) is 13.8. The maximum Gasteiger partial charge on any atom is 0.364 e. The molecule has 0 aliphatic carbocycles. The summed E-state index contributed by atoms with van der Waals surface area (Å²) in [6, 6.07) is 80.6. The molecule has 5 heterocycles. The van der Waals surface area contributed by atoms with Crippen molar-refractivity contribution in [2.24, 2.45) is 0 Å². The Kier molecular flexibility index (Phi) is 8.75. The normalized spacial score (nSPS) is 14.6. The molecular formula is C65H49N3OSi+2. The van der Waals surface area contributed by atoms with Crippen molar-refractivity contribution in [2.75, 3.05) is 0 Å². The number of furan rings is 1. The van der Waals surface area contributed by atoms with Crippen molar-refractivity contribution >= 4 is 51.4 Å². The first-order chi connectivity index (χ1) is 34.3. The van der Waals surface area contributed by atoms with Gasteiger partial charge < -0.3 is 4.42 Å². The molecule has 0 bridgehead atoms. The Balaban J connectivity index is 1.17. The highest BCUT2D eigenvalue weighted by Crippen LogP contribution is 2.54. The van der Waals surface area contributed by atoms with Gasteiger partial charge in [-0.05, 0) is 107 Å². The van der Waals surface area contributed by atoms with E-state index < -0.39 is 13.7 Å². The lowest BCUT2D eigenvalue weighted by molar-refractivity contribution is -0.944. The minimum Gasteiger partial charge on any atom is -0.455 e. The molecule has 1 spiro atoms. The Labute approximate surface area is 408 Å². The van der Waals surface area contributed by atoms with Crippen LogP contribution in [0.1, 0.15) is 22.3 Å². The SMILES string of the molecule is Cc1ccc(-c2cc3c(c4oc5cc(-c6ccccc6)ccc5c24)-c2n(-c4ccc(-c5ccccc5)cc4)c4ccccc4[n+]2C32c3ccccc3-c3cc(C)c([Si](C)(C)c4ccccc4)c[n+]32)cc1. The first kappa shape index (κ1) is 40.7. The molecule has 1 atom stereocenters. The van der Waals surface area contributed by atoms with Gasteiger partial charge in [-0.25, -0.2) is 0 Å². The summed E-state index contributed by atoms with van der Waals surface area (Å²) in [5, 5.41) is 5.06. The fourth-order valence-electron chi connectivity index (χ4n) is 12.2. The average Bonchev–Trinajstić information content (AvgIpc) is 4.12. The Morgan fingerprint density at radius 1 is 0.529 bits per heavy atom. The van der Waals surface area contributed by atoms with Gasteiger partial charge in [0.2, 0.25) is 5.69 Å². The van der Waals surface area contributed by atoms with E-state index in [0.717, 1.165) is 72.3 Å². The van der Waals surface area contributed by atoms with Gasteiger partial charge in [-0.2, -0.15) is 4.57 Å². The van der Waals surface area contributed by atoms with Gasteiger partial charge in [0.25, 0.3) is 0 Å². The molecule has 0 radical (unpaired) electrons. The molecule has 4 nitrogen and oxygen atoms in total. The van der Waals surface area contributed by atoms with Crippen LogP contribution in [0.2, 0.25) is 13.1 Å². The second-order valence-corrected chi connectivity index (χ2v) is 24.2. The van der Waals surface area contributed by atoms with Crippen molar-refractivity contribution in [3.05, 3.63) is 247 Å². The summed E-state index contributed by atoms with van der Waals surface area (Å²) in [6.07, 6.45) is 2.55. The number of fused-ring (bicyclic) bond motifs is 16. The van der Waals surface area contributed by atoms with E-state index in [0.29, 0.717) is 0 Å². The summed E-state index contributed by atoms with van der Waals surface area (Å²) >= 11 is 0. The lowest BCUT2D eigenvalue weighted by Crippen LogP contribution is -2.73. The molecule has 5 heteroatoms. The molecule has 0 N–H and O–H groups in total. The molecule has 2 aliphatic heterocycles. The Bertz CT molecular complexity index is 4080. The van der Waals surface area contributed by atoms with Crippen LogP contribution in [0, 0.1) is 13.8 Å². The van der Waals surface area contributed by atoms with E-state index in [1.807, 2.05) is 0 Å². The largest absolute Gasteiger partial charge is 0.455 e. The van der Waals surface area contributed by atoms with E-state index in [-0.39, 0.29) is 0 Å². The second-order valence-electron chi connectivity index (χ2n) is 19.8. The molecule has 0 fully saturated rings. The quantitative estimate of drug-likeness (QED) is 0.121. The van der Waals surface area contributed by atoms with Crippen LogP contribution in [0.5, 0.6) is 0 Å². The van der Waals surface area contributed by atoms with Gasteiger partial charge in [-0.3, -0.25) is 0 Å². The number of rotatable bonds is 6. The zero-order chi connectivity index (χ0) is 46.9. The number of aryl methyl sites for hydroxylation is 2. The number of hydrogen-bond donors (Lipinski definition) is 0. The van der Waals surface area contributed by atoms with Crippen molar-refractivity contribution in [1.29, 1.82) is 0 Å². The molecule has 9 aromatic carbocycles. The molecule has 1 unspecified atom stereocenters. The monoisotopic (exact) mass is 915 g/mol. The summed E-state index contributed by atoms with van der Waals surface area (Å²) in [4.78, 5) is 0. The highest BCUT2D eigenvalue weighted by Gasteiger charge is 2.67. The van der Waals surface area contributed by atoms with Gasteiger partial charge in [0, 0.05) is 22.0 Å². The van der Waals surface area contributed by atoms with E-state index in [4.69, 9.17) is 4.42 Å². The average molecular weight is 916 g/mol. The Morgan fingerprint density at radius 3 is 1.89 bits per heavy atom. The van der Waals surface area contributed by atoms with Crippen LogP contribution in [0.25, 0.3) is 94.7 Å². The lowest BCUT2D eigenvalue weighted by atomic mass is 9.85. The van der Waals surface area contributed by atoms with Crippen LogP contribution < -0.4 is 19.5 Å². The molecule has 12 aromatic rings. The topological polar surface area (TPSA) is 25.8 Å². The fourth-order valence-corrected chi connectivity index (χ4v) is 15.0. The van der Waals surface area contributed by atoms with Gasteiger partial charge in [0.1, 0.15) is 24.9 Å². The summed E-state index contributed by atoms with van der Waals surface area (Å²) in [5.41, 5.74) is 19.8. The highest BCUT2D eigenvalue weighted by atomic mass is 28.3. The molecular weight excluding hydrogens is 867 g/mol. The summed E-state index contributed by atoms with van der Waals surface area (Å²) in [7, 11) is -2.25. The zero-order valence-corrected chi connectivity index (χ0v) is 40.6. The third-order valence-corrected chi connectivity index (χ3v) is 19.2. The first-order valence-electron chi connectivity index (χ1n) is 24.4. The molecule has 0 saturated heterocycles. The number of aromatic nitrogens is 3. The Morgan fingerprint density at radius 2 is 1.14 bits per heavy atom. The van der Waals surface area contributed by atoms with Crippen molar-refractivity contribution in [1.82, 2.24) is 4.57 Å². The van der Waals surface area contributed by atoms with Crippen molar-refractivity contribution in [3.63, 3.8) is 0 Å². The number of para-hydroxylation sites is 2. The predicted molar refractivity (Wildman–Crippen MR) is 289 cm³/mol. The molecule has 3 aromatic heterocycles. The van der Waals surface area contributed by atoms with Crippen LogP contribution in [-0.4, -0.2) is 12.6 Å². The van der Waals surface area contributed by atoms with E-state index >= 15 is 0 Å². The number of hydrogen-bond acceptors (Lipinski definition) is 1. The van der Waals surface area contributed by atoms with Gasteiger partial charge in [0.15, 0.2) is 22.8 Å². The van der Waals surface area contributed by atoms with Crippen LogP contribution in [0.3, 0.4) is 0 Å². The van der Waals surface area contributed by atoms with Gasteiger partial charge in [-0.15, -0.1) is 9.13 Å². The van der Waals surface area contributed by atoms with E-state index in [2.05, 4.69) is 265 Å². The summed E-state index contributed by atoms with van der Waals surface area (Å²) in [5.74, 6) is 1.09. The molecule has 70 heavy (non-hydrogen) atoms. The van der Waals surface area contributed by atoms with E-state index in [9.17, 15) is 0 Å². The highest BCUT2D eigenvalue weighted by molar-refractivity contribution is 7.00. The molecule has 332 valence electrons. The van der Waals surface area contributed by atoms with Gasteiger partial charge >= 0.3 is 11.5 Å². The third kappa shape index (κ3) is 5.64. The van der Waals surface area contributed by atoms with Gasteiger partial charge in [0.05, 0.1) is 16.7 Å². The fraction of sp³-hybridized carbons (Fsp3) is 0.0769. The summed E-state index contributed by atoms with van der Waals surface area (Å²) < 4.78 is 15.4. The van der Waals surface area contributed by atoms with Crippen LogP contribution in [-0.2, 0) is 5.66 Å². The number of pyridine rings is 1. The van der Waals surface area contributed by atoms with Crippen LogP contribution in [0.15, 0.2) is 229 Å². The Hall–Kier alpha value is -8.38. The summed E-state index contributed by atoms with van der Waals surface area (Å²) in [6.45, 7) is 9.51. The van der Waals surface area contributed by atoms with Crippen molar-refractivity contribution in [3.8, 4) is 61.7 Å². The number of imidazole rings is 1. The second kappa shape index (κ2) is 15.1. The standard InChI is InChI=1S/C65H49N3OSi/c1-42-28-30-47(31-29-42)53-40-55-62(63-61(53)52-37-34-48(39-59(52)69-63)45-20-10-6-11-21-45)64-67(49-35-32-46(33-36-49)44-18-8-5-9-19-44)56-26-16-17-27-57(56)68(64)65(55)54-25-15-14-24-51(54)58-38-43(2)60(41-66(58)65)70(3,4)50-22-12-7-13-23-50/h5-41H,1-4H3/q+2. The van der Waals surface area contributed by atoms with Crippen molar-refractivity contribution < 1.29 is 13.6 Å². The molecule has 2 aliphatic rings.